The van der Waals surface area contributed by atoms with Gasteiger partial charge in [-0.15, -0.1) is 0 Å². The van der Waals surface area contributed by atoms with E-state index in [-0.39, 0.29) is 0 Å². The average molecular weight is 366 g/mol. The van der Waals surface area contributed by atoms with Crippen molar-refractivity contribution < 1.29 is 8.42 Å². The van der Waals surface area contributed by atoms with Crippen LogP contribution in [0, 0.1) is 3.57 Å². The van der Waals surface area contributed by atoms with Crippen LogP contribution in [0.5, 0.6) is 0 Å². The highest BCUT2D eigenvalue weighted by atomic mass is 127. The topological polar surface area (TPSA) is 40.6 Å². The lowest BCUT2D eigenvalue weighted by molar-refractivity contribution is 0.388. The summed E-state index contributed by atoms with van der Waals surface area (Å²) in [6.07, 6.45) is 1.27. The molecule has 0 radical (unpaired) electrons. The van der Waals surface area contributed by atoms with Gasteiger partial charge in [0.25, 0.3) is 0 Å². The summed E-state index contributed by atoms with van der Waals surface area (Å²) in [4.78, 5) is 2.23. The number of benzene rings is 1. The molecule has 1 heterocycles. The molecule has 1 aromatic carbocycles. The number of piperazine rings is 1. The van der Waals surface area contributed by atoms with E-state index in [1.807, 2.05) is 6.07 Å². The zero-order valence-corrected chi connectivity index (χ0v) is 12.6. The third-order valence-corrected chi connectivity index (χ3v) is 4.86. The Balaban J connectivity index is 2.05. The highest BCUT2D eigenvalue weighted by Crippen LogP contribution is 2.19. The lowest BCUT2D eigenvalue weighted by Gasteiger charge is -2.34. The molecule has 0 N–H and O–H groups in total. The summed E-state index contributed by atoms with van der Waals surface area (Å²) in [5, 5.41) is 0. The molecule has 2 rings (SSSR count). The predicted octanol–water partition coefficient (Wildman–Crippen LogP) is 1.37. The van der Waals surface area contributed by atoms with Crippen molar-refractivity contribution in [3.8, 4) is 0 Å². The quantitative estimate of drug-likeness (QED) is 0.743. The molecular weight excluding hydrogens is 351 g/mol. The largest absolute Gasteiger partial charge is 0.369 e. The number of halogens is 1. The molecular formula is C11H15IN2O2S. The lowest BCUT2D eigenvalue weighted by Crippen LogP contribution is -2.48. The standard InChI is InChI=1S/C11H15IN2O2S/c1-17(15,16)14-7-5-13(6-8-14)11-4-2-3-10(12)9-11/h2-4,9H,5-8H2,1H3. The molecule has 1 saturated heterocycles. The van der Waals surface area contributed by atoms with E-state index in [1.165, 1.54) is 19.8 Å². The predicted molar refractivity (Wildman–Crippen MR) is 77.8 cm³/mol. The molecule has 0 aromatic heterocycles. The van der Waals surface area contributed by atoms with E-state index in [9.17, 15) is 8.42 Å². The van der Waals surface area contributed by atoms with E-state index in [4.69, 9.17) is 0 Å². The molecule has 1 aliphatic rings. The maximum absolute atomic E-state index is 11.4. The Labute approximate surface area is 116 Å². The van der Waals surface area contributed by atoms with E-state index in [0.717, 1.165) is 13.1 Å². The van der Waals surface area contributed by atoms with Crippen molar-refractivity contribution >= 4 is 38.3 Å². The summed E-state index contributed by atoms with van der Waals surface area (Å²) >= 11 is 2.29. The highest BCUT2D eigenvalue weighted by molar-refractivity contribution is 14.1. The van der Waals surface area contributed by atoms with Crippen LogP contribution in [-0.4, -0.2) is 45.2 Å². The van der Waals surface area contributed by atoms with E-state index >= 15 is 0 Å². The van der Waals surface area contributed by atoms with Gasteiger partial charge in [-0.3, -0.25) is 0 Å². The van der Waals surface area contributed by atoms with Gasteiger partial charge in [-0.2, -0.15) is 4.31 Å². The lowest BCUT2D eigenvalue weighted by atomic mass is 10.2. The van der Waals surface area contributed by atoms with Crippen molar-refractivity contribution in [2.75, 3.05) is 37.3 Å². The maximum Gasteiger partial charge on any atom is 0.211 e. The molecule has 0 bridgehead atoms. The third-order valence-electron chi connectivity index (χ3n) is 2.88. The third kappa shape index (κ3) is 3.32. The fourth-order valence-corrected chi connectivity index (χ4v) is 3.30. The normalized spacial score (nSPS) is 18.4. The molecule has 0 spiro atoms. The first-order valence-electron chi connectivity index (χ1n) is 5.42. The first kappa shape index (κ1) is 13.1. The Bertz CT molecular complexity index is 496. The van der Waals surface area contributed by atoms with Crippen molar-refractivity contribution in [2.45, 2.75) is 0 Å². The summed E-state index contributed by atoms with van der Waals surface area (Å²) in [6.45, 7) is 2.66. The van der Waals surface area contributed by atoms with Crippen molar-refractivity contribution in [3.63, 3.8) is 0 Å². The van der Waals surface area contributed by atoms with Crippen LogP contribution >= 0.6 is 22.6 Å². The highest BCUT2D eigenvalue weighted by Gasteiger charge is 2.23. The number of sulfonamides is 1. The van der Waals surface area contributed by atoms with Gasteiger partial charge < -0.3 is 4.90 Å². The number of nitrogens with zero attached hydrogens (tertiary/aromatic N) is 2. The van der Waals surface area contributed by atoms with Gasteiger partial charge >= 0.3 is 0 Å². The van der Waals surface area contributed by atoms with Crippen LogP contribution in [0.25, 0.3) is 0 Å². The fraction of sp³-hybridized carbons (Fsp3) is 0.455. The maximum atomic E-state index is 11.4. The molecule has 1 aliphatic heterocycles. The molecule has 94 valence electrons. The number of hydrogen-bond acceptors (Lipinski definition) is 3. The second-order valence-electron chi connectivity index (χ2n) is 4.13. The zero-order valence-electron chi connectivity index (χ0n) is 9.63. The van der Waals surface area contributed by atoms with E-state index in [0.29, 0.717) is 13.1 Å². The summed E-state index contributed by atoms with van der Waals surface area (Å²) in [5.74, 6) is 0. The van der Waals surface area contributed by atoms with Crippen LogP contribution in [0.2, 0.25) is 0 Å². The SMILES string of the molecule is CS(=O)(=O)N1CCN(c2cccc(I)c2)CC1. The van der Waals surface area contributed by atoms with Gasteiger partial charge in [-0.1, -0.05) is 6.07 Å². The Morgan fingerprint density at radius 1 is 1.18 bits per heavy atom. The smallest absolute Gasteiger partial charge is 0.211 e. The second-order valence-corrected chi connectivity index (χ2v) is 7.36. The van der Waals surface area contributed by atoms with Gasteiger partial charge in [0.1, 0.15) is 0 Å². The van der Waals surface area contributed by atoms with E-state index in [2.05, 4.69) is 45.7 Å². The van der Waals surface area contributed by atoms with Crippen molar-refractivity contribution in [1.29, 1.82) is 0 Å². The van der Waals surface area contributed by atoms with Gasteiger partial charge in [-0.05, 0) is 40.8 Å². The minimum Gasteiger partial charge on any atom is -0.369 e. The van der Waals surface area contributed by atoms with E-state index in [1.54, 1.807) is 0 Å². The Hall–Kier alpha value is -0.340. The Morgan fingerprint density at radius 3 is 2.35 bits per heavy atom. The fourth-order valence-electron chi connectivity index (χ4n) is 1.95. The summed E-state index contributed by atoms with van der Waals surface area (Å²) in [5.41, 5.74) is 1.17. The van der Waals surface area contributed by atoms with Gasteiger partial charge in [-0.25, -0.2) is 8.42 Å². The number of rotatable bonds is 2. The molecule has 1 aromatic rings. The van der Waals surface area contributed by atoms with Crippen molar-refractivity contribution in [1.82, 2.24) is 4.31 Å². The molecule has 0 unspecified atom stereocenters. The zero-order chi connectivity index (χ0) is 12.5. The molecule has 0 aliphatic carbocycles. The van der Waals surface area contributed by atoms with Crippen LogP contribution < -0.4 is 4.90 Å². The van der Waals surface area contributed by atoms with E-state index < -0.39 is 10.0 Å². The van der Waals surface area contributed by atoms with Gasteiger partial charge in [0.15, 0.2) is 0 Å². The molecule has 0 saturated carbocycles. The van der Waals surface area contributed by atoms with Gasteiger partial charge in [0, 0.05) is 35.4 Å². The molecule has 1 fully saturated rings. The average Bonchev–Trinajstić information content (AvgIpc) is 2.28. The summed E-state index contributed by atoms with van der Waals surface area (Å²) in [6, 6.07) is 8.27. The molecule has 0 amide bonds. The minimum atomic E-state index is -3.03. The minimum absolute atomic E-state index is 0.574. The van der Waals surface area contributed by atoms with Crippen LogP contribution in [0.3, 0.4) is 0 Å². The van der Waals surface area contributed by atoms with Crippen LogP contribution in [0.1, 0.15) is 0 Å². The monoisotopic (exact) mass is 366 g/mol. The van der Waals surface area contributed by atoms with Crippen molar-refractivity contribution in [2.24, 2.45) is 0 Å². The number of hydrogen-bond donors (Lipinski definition) is 0. The first-order chi connectivity index (χ1) is 7.97. The molecule has 0 atom stereocenters. The second kappa shape index (κ2) is 5.11. The summed E-state index contributed by atoms with van der Waals surface area (Å²) < 4.78 is 25.5. The van der Waals surface area contributed by atoms with Gasteiger partial charge in [0.2, 0.25) is 10.0 Å². The molecule has 6 heteroatoms. The van der Waals surface area contributed by atoms with Crippen LogP contribution in [-0.2, 0) is 10.0 Å². The Morgan fingerprint density at radius 2 is 1.82 bits per heavy atom. The molecule has 4 nitrogen and oxygen atoms in total. The van der Waals surface area contributed by atoms with Crippen LogP contribution in [0.4, 0.5) is 5.69 Å². The first-order valence-corrected chi connectivity index (χ1v) is 8.35. The van der Waals surface area contributed by atoms with Gasteiger partial charge in [0.05, 0.1) is 6.26 Å². The van der Waals surface area contributed by atoms with Crippen molar-refractivity contribution in [3.05, 3.63) is 27.8 Å². The molecule has 17 heavy (non-hydrogen) atoms. The summed E-state index contributed by atoms with van der Waals surface area (Å²) in [7, 11) is -3.03. The number of anilines is 1. The Kier molecular flexibility index (Phi) is 3.94. The van der Waals surface area contributed by atoms with Crippen LogP contribution in [0.15, 0.2) is 24.3 Å².